The summed E-state index contributed by atoms with van der Waals surface area (Å²) in [6, 6.07) is 6.27. The number of hydrogen-bond donors (Lipinski definition) is 2. The number of benzene rings is 1. The van der Waals surface area contributed by atoms with Crippen LogP contribution in [0.4, 0.5) is 10.8 Å². The van der Waals surface area contributed by atoms with Crippen LogP contribution in [-0.2, 0) is 11.2 Å². The first kappa shape index (κ1) is 14.1. The van der Waals surface area contributed by atoms with Crippen LogP contribution < -0.4 is 5.32 Å². The molecule has 1 aliphatic rings. The molecule has 0 radical (unpaired) electrons. The number of fused-ring (bicyclic) bond motifs is 1. The van der Waals surface area contributed by atoms with E-state index in [0.29, 0.717) is 6.42 Å². The van der Waals surface area contributed by atoms with Crippen molar-refractivity contribution in [2.45, 2.75) is 39.0 Å². The zero-order chi connectivity index (χ0) is 15.0. The van der Waals surface area contributed by atoms with Crippen molar-refractivity contribution in [3.63, 3.8) is 0 Å². The molecule has 1 aromatic heterocycles. The highest BCUT2D eigenvalue weighted by atomic mass is 32.1. The van der Waals surface area contributed by atoms with Crippen molar-refractivity contribution in [2.24, 2.45) is 0 Å². The third-order valence-corrected chi connectivity index (χ3v) is 4.77. The Morgan fingerprint density at radius 2 is 2.05 bits per heavy atom. The monoisotopic (exact) mass is 302 g/mol. The summed E-state index contributed by atoms with van der Waals surface area (Å²) in [5.74, 6) is -1.21. The highest BCUT2D eigenvalue weighted by molar-refractivity contribution is 7.15. The standard InChI is InChI=1S/C16H18N2O2S/c1-9-6-10(2)8-11(7-9)17-16-18-14-12(15(19)20)4-3-5-13(14)21-16/h6-8,12H,3-5H2,1-2H3,(H,17,18)(H,19,20). The molecule has 1 aliphatic carbocycles. The molecule has 5 heteroatoms. The number of hydrogen-bond acceptors (Lipinski definition) is 4. The summed E-state index contributed by atoms with van der Waals surface area (Å²) in [5, 5.41) is 13.4. The van der Waals surface area contributed by atoms with Gasteiger partial charge in [0, 0.05) is 10.6 Å². The van der Waals surface area contributed by atoms with Gasteiger partial charge in [-0.1, -0.05) is 6.07 Å². The van der Waals surface area contributed by atoms with Crippen molar-refractivity contribution < 1.29 is 9.90 Å². The lowest BCUT2D eigenvalue weighted by molar-refractivity contribution is -0.139. The third-order valence-electron chi connectivity index (χ3n) is 3.73. The average molecular weight is 302 g/mol. The first-order chi connectivity index (χ1) is 10.0. The van der Waals surface area contributed by atoms with Crippen molar-refractivity contribution in [2.75, 3.05) is 5.32 Å². The summed E-state index contributed by atoms with van der Waals surface area (Å²) >= 11 is 1.58. The van der Waals surface area contributed by atoms with Gasteiger partial charge >= 0.3 is 5.97 Å². The number of aromatic nitrogens is 1. The van der Waals surface area contributed by atoms with Crippen LogP contribution in [0, 0.1) is 13.8 Å². The fraction of sp³-hybridized carbons (Fsp3) is 0.375. The van der Waals surface area contributed by atoms with Crippen molar-refractivity contribution in [3.05, 3.63) is 39.9 Å². The molecule has 3 rings (SSSR count). The molecule has 4 nitrogen and oxygen atoms in total. The van der Waals surface area contributed by atoms with Gasteiger partial charge in [0.15, 0.2) is 5.13 Å². The van der Waals surface area contributed by atoms with Crippen LogP contribution in [-0.4, -0.2) is 16.1 Å². The topological polar surface area (TPSA) is 62.2 Å². The lowest BCUT2D eigenvalue weighted by Gasteiger charge is -2.16. The van der Waals surface area contributed by atoms with E-state index in [0.717, 1.165) is 34.2 Å². The van der Waals surface area contributed by atoms with E-state index in [4.69, 9.17) is 0 Å². The molecule has 0 aliphatic heterocycles. The normalized spacial score (nSPS) is 17.3. The van der Waals surface area contributed by atoms with Gasteiger partial charge < -0.3 is 10.4 Å². The summed E-state index contributed by atoms with van der Waals surface area (Å²) in [6.45, 7) is 4.12. The molecule has 1 aromatic carbocycles. The second kappa shape index (κ2) is 5.48. The maximum Gasteiger partial charge on any atom is 0.312 e. The molecule has 0 fully saturated rings. The molecule has 0 amide bonds. The Morgan fingerprint density at radius 1 is 1.33 bits per heavy atom. The Morgan fingerprint density at radius 3 is 2.71 bits per heavy atom. The number of nitrogens with zero attached hydrogens (tertiary/aromatic N) is 1. The number of carboxylic acids is 1. The van der Waals surface area contributed by atoms with Crippen molar-refractivity contribution in [1.82, 2.24) is 4.98 Å². The van der Waals surface area contributed by atoms with E-state index in [1.165, 1.54) is 11.1 Å². The van der Waals surface area contributed by atoms with E-state index in [2.05, 4.69) is 42.3 Å². The second-order valence-corrected chi connectivity index (χ2v) is 6.70. The molecule has 0 saturated heterocycles. The van der Waals surface area contributed by atoms with E-state index >= 15 is 0 Å². The van der Waals surface area contributed by atoms with Crippen LogP contribution in [0.3, 0.4) is 0 Å². The quantitative estimate of drug-likeness (QED) is 0.899. The number of anilines is 2. The smallest absolute Gasteiger partial charge is 0.312 e. The largest absolute Gasteiger partial charge is 0.481 e. The molecule has 2 N–H and O–H groups in total. The maximum absolute atomic E-state index is 11.3. The molecule has 1 heterocycles. The first-order valence-electron chi connectivity index (χ1n) is 7.10. The summed E-state index contributed by atoms with van der Waals surface area (Å²) in [7, 11) is 0. The summed E-state index contributed by atoms with van der Waals surface area (Å²) in [6.07, 6.45) is 2.55. The molecule has 0 spiro atoms. The van der Waals surface area contributed by atoms with Crippen LogP contribution in [0.15, 0.2) is 18.2 Å². The zero-order valence-electron chi connectivity index (χ0n) is 12.1. The van der Waals surface area contributed by atoms with E-state index in [1.807, 2.05) is 0 Å². The van der Waals surface area contributed by atoms with E-state index in [-0.39, 0.29) is 0 Å². The number of carbonyl (C=O) groups is 1. The van der Waals surface area contributed by atoms with Crippen LogP contribution in [0.5, 0.6) is 0 Å². The molecular weight excluding hydrogens is 284 g/mol. The molecule has 21 heavy (non-hydrogen) atoms. The summed E-state index contributed by atoms with van der Waals surface area (Å²) in [5.41, 5.74) is 4.15. The summed E-state index contributed by atoms with van der Waals surface area (Å²) in [4.78, 5) is 17.0. The molecule has 0 saturated carbocycles. The molecule has 110 valence electrons. The first-order valence-corrected chi connectivity index (χ1v) is 7.92. The van der Waals surface area contributed by atoms with E-state index in [1.54, 1.807) is 11.3 Å². The Bertz CT molecular complexity index is 673. The van der Waals surface area contributed by atoms with Crippen LogP contribution in [0.1, 0.15) is 40.5 Å². The van der Waals surface area contributed by atoms with Crippen molar-refractivity contribution >= 4 is 28.1 Å². The minimum Gasteiger partial charge on any atom is -0.481 e. The van der Waals surface area contributed by atoms with Gasteiger partial charge in [0.1, 0.15) is 5.92 Å². The second-order valence-electron chi connectivity index (χ2n) is 5.61. The molecule has 1 atom stereocenters. The Hall–Kier alpha value is -1.88. The fourth-order valence-electron chi connectivity index (χ4n) is 2.88. The Kier molecular flexibility index (Phi) is 3.68. The predicted octanol–water partition coefficient (Wildman–Crippen LogP) is 4.01. The van der Waals surface area contributed by atoms with Crippen molar-refractivity contribution in [3.8, 4) is 0 Å². The van der Waals surface area contributed by atoms with Gasteiger partial charge in [-0.2, -0.15) is 0 Å². The summed E-state index contributed by atoms with van der Waals surface area (Å²) < 4.78 is 0. The van der Waals surface area contributed by atoms with E-state index < -0.39 is 11.9 Å². The van der Waals surface area contributed by atoms with Gasteiger partial charge in [0.2, 0.25) is 0 Å². The number of carboxylic acid groups (broad SMARTS) is 1. The van der Waals surface area contributed by atoms with Crippen LogP contribution in [0.2, 0.25) is 0 Å². The van der Waals surface area contributed by atoms with Gasteiger partial charge in [-0.15, -0.1) is 11.3 Å². The minimum absolute atomic E-state index is 0.445. The van der Waals surface area contributed by atoms with Gasteiger partial charge in [-0.25, -0.2) is 4.98 Å². The van der Waals surface area contributed by atoms with Gasteiger partial charge in [-0.3, -0.25) is 4.79 Å². The molecule has 2 aromatic rings. The maximum atomic E-state index is 11.3. The Balaban J connectivity index is 1.89. The fourth-order valence-corrected chi connectivity index (χ4v) is 3.97. The number of aliphatic carboxylic acids is 1. The number of nitrogens with one attached hydrogen (secondary N) is 1. The van der Waals surface area contributed by atoms with Gasteiger partial charge in [0.25, 0.3) is 0 Å². The predicted molar refractivity (Wildman–Crippen MR) is 84.6 cm³/mol. The number of rotatable bonds is 3. The van der Waals surface area contributed by atoms with E-state index in [9.17, 15) is 9.90 Å². The lowest BCUT2D eigenvalue weighted by Crippen LogP contribution is -2.17. The number of thiazole rings is 1. The SMILES string of the molecule is Cc1cc(C)cc(Nc2nc3c(s2)CCCC3C(=O)O)c1. The highest BCUT2D eigenvalue weighted by Gasteiger charge is 2.29. The minimum atomic E-state index is -0.765. The highest BCUT2D eigenvalue weighted by Crippen LogP contribution is 2.37. The average Bonchev–Trinajstić information content (AvgIpc) is 2.78. The van der Waals surface area contributed by atoms with Crippen molar-refractivity contribution in [1.29, 1.82) is 0 Å². The number of aryl methyl sites for hydroxylation is 3. The van der Waals surface area contributed by atoms with Gasteiger partial charge in [-0.05, 0) is 56.4 Å². The lowest BCUT2D eigenvalue weighted by atomic mass is 9.91. The third kappa shape index (κ3) is 2.93. The molecule has 1 unspecified atom stereocenters. The Labute approximate surface area is 127 Å². The van der Waals surface area contributed by atoms with Crippen LogP contribution >= 0.6 is 11.3 Å². The molecule has 0 bridgehead atoms. The zero-order valence-corrected chi connectivity index (χ0v) is 13.0. The van der Waals surface area contributed by atoms with Crippen LogP contribution in [0.25, 0.3) is 0 Å². The molecular formula is C16H18N2O2S. The van der Waals surface area contributed by atoms with Gasteiger partial charge in [0.05, 0.1) is 5.69 Å².